The Hall–Kier alpha value is -2.25. The second kappa shape index (κ2) is 7.55. The monoisotopic (exact) mass is 356 g/mol. The van der Waals surface area contributed by atoms with E-state index in [1.165, 1.54) is 0 Å². The first-order valence-electron chi connectivity index (χ1n) is 9.08. The number of amides is 1. The van der Waals surface area contributed by atoms with E-state index in [0.29, 0.717) is 37.2 Å². The fraction of sp³-hybridized carbons (Fsp3) is 0.526. The second-order valence-corrected chi connectivity index (χ2v) is 7.07. The average molecular weight is 356 g/mol. The topological polar surface area (TPSA) is 69.5 Å². The summed E-state index contributed by atoms with van der Waals surface area (Å²) in [4.78, 5) is 18.8. The van der Waals surface area contributed by atoms with E-state index in [2.05, 4.69) is 10.1 Å². The van der Waals surface area contributed by atoms with Gasteiger partial charge in [0.15, 0.2) is 0 Å². The Balaban J connectivity index is 1.26. The van der Waals surface area contributed by atoms with Crippen LogP contribution in [-0.4, -0.2) is 58.0 Å². The van der Waals surface area contributed by atoms with Crippen molar-refractivity contribution in [2.45, 2.75) is 19.1 Å². The van der Waals surface area contributed by atoms with Crippen LogP contribution in [0, 0.1) is 11.8 Å². The minimum Gasteiger partial charge on any atom is -0.376 e. The molecule has 0 saturated carbocycles. The van der Waals surface area contributed by atoms with E-state index in [0.717, 1.165) is 25.3 Å². The molecule has 2 fully saturated rings. The van der Waals surface area contributed by atoms with E-state index in [1.807, 2.05) is 30.1 Å². The first kappa shape index (κ1) is 17.2. The van der Waals surface area contributed by atoms with Crippen LogP contribution < -0.4 is 0 Å². The molecule has 0 unspecified atom stereocenters. The van der Waals surface area contributed by atoms with Crippen LogP contribution in [0.2, 0.25) is 0 Å². The number of hydrogen-bond acceptors (Lipinski definition) is 5. The number of hydrogen-bond donors (Lipinski definition) is 0. The van der Waals surface area contributed by atoms with Crippen molar-refractivity contribution < 1.29 is 14.3 Å². The molecule has 7 heteroatoms. The van der Waals surface area contributed by atoms with E-state index in [9.17, 15) is 4.79 Å². The Morgan fingerprint density at radius 3 is 3.08 bits per heavy atom. The Kier molecular flexibility index (Phi) is 4.99. The molecular formula is C19H24N4O3. The fourth-order valence-corrected chi connectivity index (χ4v) is 3.87. The van der Waals surface area contributed by atoms with Crippen molar-refractivity contribution in [3.8, 4) is 0 Å². The van der Waals surface area contributed by atoms with Gasteiger partial charge in [0.25, 0.3) is 5.91 Å². The van der Waals surface area contributed by atoms with Crippen LogP contribution in [0.5, 0.6) is 0 Å². The highest BCUT2D eigenvalue weighted by Crippen LogP contribution is 2.36. The van der Waals surface area contributed by atoms with E-state index in [4.69, 9.17) is 9.47 Å². The minimum absolute atomic E-state index is 0.0428. The smallest absolute Gasteiger partial charge is 0.257 e. The largest absolute Gasteiger partial charge is 0.376 e. The molecule has 2 aliphatic heterocycles. The molecule has 138 valence electrons. The molecule has 2 saturated heterocycles. The average Bonchev–Trinajstić information content (AvgIpc) is 3.35. The maximum Gasteiger partial charge on any atom is 0.257 e. The molecule has 1 amide bonds. The first-order valence-corrected chi connectivity index (χ1v) is 9.08. The molecule has 26 heavy (non-hydrogen) atoms. The Bertz CT molecular complexity index is 748. The molecule has 0 aliphatic carbocycles. The van der Waals surface area contributed by atoms with Crippen molar-refractivity contribution in [1.29, 1.82) is 0 Å². The third-order valence-corrected chi connectivity index (χ3v) is 5.29. The number of rotatable bonds is 6. The van der Waals surface area contributed by atoms with Gasteiger partial charge in [-0.2, -0.15) is 5.10 Å². The highest BCUT2D eigenvalue weighted by atomic mass is 16.5. The predicted octanol–water partition coefficient (Wildman–Crippen LogP) is 1.51. The van der Waals surface area contributed by atoms with Gasteiger partial charge < -0.3 is 14.4 Å². The van der Waals surface area contributed by atoms with Gasteiger partial charge in [-0.3, -0.25) is 14.5 Å². The highest BCUT2D eigenvalue weighted by Gasteiger charge is 2.45. The summed E-state index contributed by atoms with van der Waals surface area (Å²) in [6, 6.07) is 5.83. The zero-order chi connectivity index (χ0) is 17.9. The van der Waals surface area contributed by atoms with E-state index in [-0.39, 0.29) is 12.0 Å². The Labute approximate surface area is 152 Å². The lowest BCUT2D eigenvalue weighted by molar-refractivity contribution is 0.0646. The molecule has 0 aromatic carbocycles. The lowest BCUT2D eigenvalue weighted by Gasteiger charge is -2.19. The highest BCUT2D eigenvalue weighted by molar-refractivity contribution is 5.94. The van der Waals surface area contributed by atoms with Crippen molar-refractivity contribution in [2.24, 2.45) is 18.9 Å². The number of aryl methyl sites for hydroxylation is 1. The minimum atomic E-state index is 0.0428. The molecule has 0 spiro atoms. The van der Waals surface area contributed by atoms with Crippen LogP contribution in [-0.2, 0) is 23.1 Å². The van der Waals surface area contributed by atoms with E-state index >= 15 is 0 Å². The Morgan fingerprint density at radius 2 is 2.31 bits per heavy atom. The number of nitrogens with zero attached hydrogens (tertiary/aromatic N) is 4. The van der Waals surface area contributed by atoms with Gasteiger partial charge in [0, 0.05) is 45.1 Å². The third kappa shape index (κ3) is 3.64. The lowest BCUT2D eigenvalue weighted by Crippen LogP contribution is -2.31. The molecule has 4 heterocycles. The molecule has 0 bridgehead atoms. The zero-order valence-corrected chi connectivity index (χ0v) is 15.0. The van der Waals surface area contributed by atoms with Gasteiger partial charge >= 0.3 is 0 Å². The number of pyridine rings is 1. The van der Waals surface area contributed by atoms with E-state index in [1.54, 1.807) is 23.3 Å². The van der Waals surface area contributed by atoms with Crippen molar-refractivity contribution in [2.75, 3.05) is 26.3 Å². The quantitative estimate of drug-likeness (QED) is 0.734. The number of carbonyl (C=O) groups is 1. The molecule has 2 aromatic heterocycles. The van der Waals surface area contributed by atoms with Gasteiger partial charge in [-0.05, 0) is 24.5 Å². The molecular weight excluding hydrogens is 332 g/mol. The SMILES string of the molecule is Cn1cc(C(=O)N2C[C@@H]3[C@H](CCOCc4ccccn4)CO[C@@H]3C2)cn1. The van der Waals surface area contributed by atoms with Crippen LogP contribution in [0.25, 0.3) is 0 Å². The number of ether oxygens (including phenoxy) is 2. The van der Waals surface area contributed by atoms with Crippen LogP contribution in [0.1, 0.15) is 22.5 Å². The summed E-state index contributed by atoms with van der Waals surface area (Å²) in [5, 5.41) is 4.09. The van der Waals surface area contributed by atoms with Gasteiger partial charge in [0.1, 0.15) is 0 Å². The number of aromatic nitrogens is 3. The molecule has 0 N–H and O–H groups in total. The number of likely N-dealkylation sites (tertiary alicyclic amines) is 1. The number of carbonyl (C=O) groups excluding carboxylic acids is 1. The van der Waals surface area contributed by atoms with Crippen LogP contribution >= 0.6 is 0 Å². The van der Waals surface area contributed by atoms with Crippen molar-refractivity contribution >= 4 is 5.91 Å². The maximum atomic E-state index is 12.6. The second-order valence-electron chi connectivity index (χ2n) is 7.07. The predicted molar refractivity (Wildman–Crippen MR) is 94.3 cm³/mol. The molecule has 2 aliphatic rings. The van der Waals surface area contributed by atoms with Crippen molar-refractivity contribution in [3.05, 3.63) is 48.0 Å². The van der Waals surface area contributed by atoms with Crippen molar-refractivity contribution in [3.63, 3.8) is 0 Å². The lowest BCUT2D eigenvalue weighted by atomic mass is 9.91. The molecule has 0 radical (unpaired) electrons. The molecule has 3 atom stereocenters. The summed E-state index contributed by atoms with van der Waals surface area (Å²) in [5.74, 6) is 0.880. The van der Waals surface area contributed by atoms with Gasteiger partial charge in [0.2, 0.25) is 0 Å². The summed E-state index contributed by atoms with van der Waals surface area (Å²) >= 11 is 0. The normalized spacial score (nSPS) is 24.8. The summed E-state index contributed by atoms with van der Waals surface area (Å²) in [7, 11) is 1.82. The summed E-state index contributed by atoms with van der Waals surface area (Å²) in [6.45, 7) is 3.41. The van der Waals surface area contributed by atoms with Gasteiger partial charge in [-0.25, -0.2) is 0 Å². The summed E-state index contributed by atoms with van der Waals surface area (Å²) < 4.78 is 13.4. The standard InChI is InChI=1S/C19H24N4O3/c1-22-9-15(8-21-22)19(24)23-10-17-14(12-26-18(17)11-23)5-7-25-13-16-4-2-3-6-20-16/h2-4,6,8-9,14,17-18H,5,7,10-13H2,1H3/t14-,17-,18-/m1/s1. The third-order valence-electron chi connectivity index (χ3n) is 5.29. The summed E-state index contributed by atoms with van der Waals surface area (Å²) in [6.07, 6.45) is 6.26. The molecule has 4 rings (SSSR count). The zero-order valence-electron chi connectivity index (χ0n) is 15.0. The maximum absolute atomic E-state index is 12.6. The van der Waals surface area contributed by atoms with Crippen LogP contribution in [0.4, 0.5) is 0 Å². The Morgan fingerprint density at radius 1 is 1.38 bits per heavy atom. The number of fused-ring (bicyclic) bond motifs is 1. The molecule has 7 nitrogen and oxygen atoms in total. The first-order chi connectivity index (χ1) is 12.7. The van der Waals surface area contributed by atoms with Crippen LogP contribution in [0.15, 0.2) is 36.8 Å². The van der Waals surface area contributed by atoms with Gasteiger partial charge in [0.05, 0.1) is 36.8 Å². The van der Waals surface area contributed by atoms with Gasteiger partial charge in [-0.1, -0.05) is 6.07 Å². The van der Waals surface area contributed by atoms with E-state index < -0.39 is 0 Å². The fourth-order valence-electron chi connectivity index (χ4n) is 3.87. The molecule has 2 aromatic rings. The summed E-state index contributed by atoms with van der Waals surface area (Å²) in [5.41, 5.74) is 1.59. The van der Waals surface area contributed by atoms with Gasteiger partial charge in [-0.15, -0.1) is 0 Å². The van der Waals surface area contributed by atoms with Crippen LogP contribution in [0.3, 0.4) is 0 Å². The van der Waals surface area contributed by atoms with Crippen molar-refractivity contribution in [1.82, 2.24) is 19.7 Å².